The van der Waals surface area contributed by atoms with Crippen LogP contribution < -0.4 is 16.4 Å². The number of oxazole rings is 1. The van der Waals surface area contributed by atoms with Crippen molar-refractivity contribution >= 4 is 34.3 Å². The van der Waals surface area contributed by atoms with E-state index in [1.807, 2.05) is 44.2 Å². The summed E-state index contributed by atoms with van der Waals surface area (Å²) >= 11 is 0. The van der Waals surface area contributed by atoms with E-state index in [-0.39, 0.29) is 17.4 Å². The van der Waals surface area contributed by atoms with E-state index in [1.165, 1.54) is 12.4 Å². The predicted octanol–water partition coefficient (Wildman–Crippen LogP) is 4.26. The van der Waals surface area contributed by atoms with Crippen molar-refractivity contribution in [2.75, 3.05) is 5.32 Å². The van der Waals surface area contributed by atoms with Gasteiger partial charge in [0.05, 0.1) is 10.9 Å². The van der Waals surface area contributed by atoms with Gasteiger partial charge in [-0.25, -0.2) is 14.8 Å². The minimum Gasteiger partial charge on any atom is -0.408 e. The molecule has 3 heterocycles. The van der Waals surface area contributed by atoms with E-state index in [2.05, 4.69) is 25.6 Å². The SMILES string of the molecule is C/C=C\C1=C(C)NC(=O)C12Cc1ccc(Nc3cc(C(=O)c4cc(C)c5[nH]c(=O)oc5c4)ncn3)cc1C2. The van der Waals surface area contributed by atoms with Crippen LogP contribution in [0, 0.1) is 12.3 Å². The fraction of sp³-hybridized carbons (Fsp3) is 0.207. The molecule has 4 aromatic rings. The maximum atomic E-state index is 13.2. The monoisotopic (exact) mass is 507 g/mol. The molecule has 38 heavy (non-hydrogen) atoms. The lowest BCUT2D eigenvalue weighted by Crippen LogP contribution is -2.34. The Balaban J connectivity index is 1.26. The highest BCUT2D eigenvalue weighted by molar-refractivity contribution is 6.09. The Kier molecular flexibility index (Phi) is 5.37. The predicted molar refractivity (Wildman–Crippen MR) is 142 cm³/mol. The van der Waals surface area contributed by atoms with E-state index < -0.39 is 11.2 Å². The highest BCUT2D eigenvalue weighted by Crippen LogP contribution is 2.47. The Labute approximate surface area is 217 Å². The molecule has 0 saturated carbocycles. The Morgan fingerprint density at radius 2 is 1.89 bits per heavy atom. The maximum absolute atomic E-state index is 13.2. The van der Waals surface area contributed by atoms with Crippen LogP contribution in [0.25, 0.3) is 11.1 Å². The van der Waals surface area contributed by atoms with Gasteiger partial charge in [0.2, 0.25) is 11.7 Å². The van der Waals surface area contributed by atoms with E-state index in [0.29, 0.717) is 35.3 Å². The van der Waals surface area contributed by atoms with Crippen molar-refractivity contribution in [3.05, 3.63) is 105 Å². The number of carbonyl (C=O) groups excluding carboxylic acids is 2. The number of aromatic amines is 1. The normalized spacial score (nSPS) is 18.6. The van der Waals surface area contributed by atoms with Gasteiger partial charge < -0.3 is 15.1 Å². The summed E-state index contributed by atoms with van der Waals surface area (Å²) in [4.78, 5) is 48.8. The molecule has 9 nitrogen and oxygen atoms in total. The second kappa shape index (κ2) is 8.65. The first-order valence-corrected chi connectivity index (χ1v) is 12.3. The van der Waals surface area contributed by atoms with Crippen molar-refractivity contribution in [2.45, 2.75) is 33.6 Å². The van der Waals surface area contributed by atoms with Crippen LogP contribution in [0.5, 0.6) is 0 Å². The number of hydrogen-bond donors (Lipinski definition) is 3. The summed E-state index contributed by atoms with van der Waals surface area (Å²) in [6.45, 7) is 5.70. The number of fused-ring (bicyclic) bond motifs is 2. The largest absolute Gasteiger partial charge is 0.417 e. The number of aromatic nitrogens is 3. The Morgan fingerprint density at radius 1 is 1.08 bits per heavy atom. The van der Waals surface area contributed by atoms with E-state index >= 15 is 0 Å². The van der Waals surface area contributed by atoms with E-state index in [0.717, 1.165) is 33.6 Å². The van der Waals surface area contributed by atoms with Gasteiger partial charge >= 0.3 is 5.76 Å². The van der Waals surface area contributed by atoms with Gasteiger partial charge in [0, 0.05) is 23.0 Å². The number of aryl methyl sites for hydroxylation is 1. The second-order valence-corrected chi connectivity index (χ2v) is 9.84. The Bertz CT molecular complexity index is 1780. The minimum absolute atomic E-state index is 0.0418. The molecule has 9 heteroatoms. The standard InChI is InChI=1S/C29H25N5O4/c1-4-5-21-16(3)32-27(36)29(21)12-17-6-7-20(9-19(17)13-29)33-24-11-22(30-14-31-24)26(35)18-8-15(2)25-23(10-18)38-28(37)34-25/h4-11,14H,12-13H2,1-3H3,(H,32,36)(H,34,37)(H,30,31,33)/b5-4-. The van der Waals surface area contributed by atoms with Gasteiger partial charge in [-0.15, -0.1) is 0 Å². The molecule has 2 aromatic heterocycles. The first-order valence-electron chi connectivity index (χ1n) is 12.3. The van der Waals surface area contributed by atoms with E-state index in [4.69, 9.17) is 4.42 Å². The van der Waals surface area contributed by atoms with Crippen LogP contribution in [0.4, 0.5) is 11.5 Å². The third kappa shape index (κ3) is 3.75. The number of allylic oxidation sites excluding steroid dienone is 3. The number of nitrogens with zero attached hydrogens (tertiary/aromatic N) is 2. The minimum atomic E-state index is -0.579. The fourth-order valence-electron chi connectivity index (χ4n) is 5.59. The van der Waals surface area contributed by atoms with Crippen LogP contribution in [-0.4, -0.2) is 26.6 Å². The van der Waals surface area contributed by atoms with Crippen molar-refractivity contribution in [1.82, 2.24) is 20.3 Å². The number of carbonyl (C=O) groups is 2. The topological polar surface area (TPSA) is 130 Å². The summed E-state index contributed by atoms with van der Waals surface area (Å²) in [5.41, 5.74) is 6.59. The van der Waals surface area contributed by atoms with Crippen LogP contribution in [0.2, 0.25) is 0 Å². The molecule has 0 radical (unpaired) electrons. The third-order valence-electron chi connectivity index (χ3n) is 7.34. The molecule has 0 fully saturated rings. The molecule has 1 atom stereocenters. The summed E-state index contributed by atoms with van der Waals surface area (Å²) in [6, 6.07) is 10.8. The van der Waals surface area contributed by atoms with Crippen molar-refractivity contribution in [2.24, 2.45) is 5.41 Å². The quantitative estimate of drug-likeness (QED) is 0.344. The first-order chi connectivity index (χ1) is 18.3. The number of nitrogens with one attached hydrogen (secondary N) is 3. The summed E-state index contributed by atoms with van der Waals surface area (Å²) in [6.07, 6.45) is 6.60. The second-order valence-electron chi connectivity index (χ2n) is 9.84. The zero-order valence-electron chi connectivity index (χ0n) is 21.1. The van der Waals surface area contributed by atoms with Gasteiger partial charge in [-0.2, -0.15) is 0 Å². The lowest BCUT2D eigenvalue weighted by Gasteiger charge is -2.22. The summed E-state index contributed by atoms with van der Waals surface area (Å²) in [5.74, 6) is -0.378. The Hall–Kier alpha value is -4.79. The van der Waals surface area contributed by atoms with Crippen LogP contribution in [-0.2, 0) is 17.6 Å². The Morgan fingerprint density at radius 3 is 2.71 bits per heavy atom. The molecule has 1 amide bonds. The molecule has 0 saturated heterocycles. The van der Waals surface area contributed by atoms with Crippen molar-refractivity contribution in [1.29, 1.82) is 0 Å². The van der Waals surface area contributed by atoms with Crippen molar-refractivity contribution in [3.8, 4) is 0 Å². The molecule has 1 aliphatic carbocycles. The third-order valence-corrected chi connectivity index (χ3v) is 7.34. The molecule has 1 spiro atoms. The number of hydrogen-bond acceptors (Lipinski definition) is 7. The molecule has 190 valence electrons. The van der Waals surface area contributed by atoms with Crippen LogP contribution in [0.15, 0.2) is 75.4 Å². The lowest BCUT2D eigenvalue weighted by molar-refractivity contribution is -0.126. The van der Waals surface area contributed by atoms with Crippen LogP contribution in [0.1, 0.15) is 46.6 Å². The molecular weight excluding hydrogens is 482 g/mol. The van der Waals surface area contributed by atoms with Gasteiger partial charge in [-0.05, 0) is 80.1 Å². The first kappa shape index (κ1) is 23.6. The molecule has 6 rings (SSSR count). The summed E-state index contributed by atoms with van der Waals surface area (Å²) in [7, 11) is 0. The van der Waals surface area contributed by atoms with Crippen molar-refractivity contribution < 1.29 is 14.0 Å². The average molecular weight is 508 g/mol. The highest BCUT2D eigenvalue weighted by Gasteiger charge is 2.50. The maximum Gasteiger partial charge on any atom is 0.417 e. The average Bonchev–Trinajstić information content (AvgIpc) is 3.53. The molecule has 2 aromatic carbocycles. The zero-order chi connectivity index (χ0) is 26.6. The van der Waals surface area contributed by atoms with Crippen molar-refractivity contribution in [3.63, 3.8) is 0 Å². The van der Waals surface area contributed by atoms with Crippen LogP contribution >= 0.6 is 0 Å². The number of anilines is 2. The lowest BCUT2D eigenvalue weighted by atomic mass is 9.78. The molecule has 1 aliphatic heterocycles. The van der Waals surface area contributed by atoms with Gasteiger partial charge in [0.15, 0.2) is 5.58 Å². The molecule has 0 bridgehead atoms. The number of ketones is 1. The molecule has 1 unspecified atom stereocenters. The number of amides is 1. The van der Waals surface area contributed by atoms with Gasteiger partial charge in [-0.1, -0.05) is 18.2 Å². The van der Waals surface area contributed by atoms with Gasteiger partial charge in [0.25, 0.3) is 0 Å². The smallest absolute Gasteiger partial charge is 0.408 e. The molecule has 3 N–H and O–H groups in total. The highest BCUT2D eigenvalue weighted by atomic mass is 16.4. The van der Waals surface area contributed by atoms with Gasteiger partial charge in [0.1, 0.15) is 17.8 Å². The van der Waals surface area contributed by atoms with Crippen LogP contribution in [0.3, 0.4) is 0 Å². The fourth-order valence-corrected chi connectivity index (χ4v) is 5.59. The van der Waals surface area contributed by atoms with E-state index in [1.54, 1.807) is 19.1 Å². The summed E-state index contributed by atoms with van der Waals surface area (Å²) < 4.78 is 5.14. The van der Waals surface area contributed by atoms with Gasteiger partial charge in [-0.3, -0.25) is 14.6 Å². The zero-order valence-corrected chi connectivity index (χ0v) is 21.1. The molecule has 2 aliphatic rings. The summed E-state index contributed by atoms with van der Waals surface area (Å²) in [5, 5.41) is 6.29. The number of rotatable bonds is 5. The van der Waals surface area contributed by atoms with E-state index in [9.17, 15) is 14.4 Å². The number of H-pyrrole nitrogens is 1. The molecular formula is C29H25N5O4. The number of benzene rings is 2.